The maximum atomic E-state index is 11.6. The standard InChI is InChI=1S/C18H31N3O3/c1-18(2,3)11-5-7-13-20-17(24)19-12-6-4-8-14-21-15(22)9-10-16(21)23/h9-10H,4-8,11-14H2,1-3H3,(H2,19,20,24). The number of nitrogens with zero attached hydrogens (tertiary/aromatic N) is 1. The molecule has 0 radical (unpaired) electrons. The van der Waals surface area contributed by atoms with E-state index < -0.39 is 0 Å². The molecule has 0 fully saturated rings. The third kappa shape index (κ3) is 8.70. The Labute approximate surface area is 145 Å². The fourth-order valence-electron chi connectivity index (χ4n) is 2.47. The van der Waals surface area contributed by atoms with Crippen molar-refractivity contribution in [1.29, 1.82) is 0 Å². The molecule has 0 aromatic carbocycles. The summed E-state index contributed by atoms with van der Waals surface area (Å²) in [5, 5.41) is 5.69. The van der Waals surface area contributed by atoms with E-state index >= 15 is 0 Å². The Balaban J connectivity index is 1.93. The molecule has 4 amide bonds. The van der Waals surface area contributed by atoms with E-state index in [1.807, 2.05) is 0 Å². The van der Waals surface area contributed by atoms with E-state index in [4.69, 9.17) is 0 Å². The highest BCUT2D eigenvalue weighted by Crippen LogP contribution is 2.21. The zero-order chi connectivity index (χ0) is 18.0. The lowest BCUT2D eigenvalue weighted by Crippen LogP contribution is -2.36. The number of imide groups is 1. The SMILES string of the molecule is CC(C)(C)CCCCNC(=O)NCCCCCN1C(=O)C=CC1=O. The van der Waals surface area contributed by atoms with Gasteiger partial charge in [0.15, 0.2) is 0 Å². The van der Waals surface area contributed by atoms with Gasteiger partial charge in [-0.2, -0.15) is 0 Å². The minimum Gasteiger partial charge on any atom is -0.338 e. The average Bonchev–Trinajstić information content (AvgIpc) is 2.80. The monoisotopic (exact) mass is 337 g/mol. The van der Waals surface area contributed by atoms with Gasteiger partial charge in [0.25, 0.3) is 11.8 Å². The highest BCUT2D eigenvalue weighted by molar-refractivity contribution is 6.12. The summed E-state index contributed by atoms with van der Waals surface area (Å²) in [4.78, 5) is 35.5. The van der Waals surface area contributed by atoms with Crippen LogP contribution in [0.15, 0.2) is 12.2 Å². The first-order chi connectivity index (χ1) is 11.3. The molecule has 0 bridgehead atoms. The van der Waals surface area contributed by atoms with Crippen molar-refractivity contribution < 1.29 is 14.4 Å². The first-order valence-corrected chi connectivity index (χ1v) is 8.85. The Bertz CT molecular complexity index is 449. The zero-order valence-electron chi connectivity index (χ0n) is 15.2. The molecule has 0 unspecified atom stereocenters. The molecule has 0 aliphatic carbocycles. The molecule has 0 aromatic heterocycles. The third-order valence-corrected chi connectivity index (χ3v) is 3.88. The summed E-state index contributed by atoms with van der Waals surface area (Å²) in [5.41, 5.74) is 0.350. The number of hydrogen-bond donors (Lipinski definition) is 2. The molecule has 1 aliphatic heterocycles. The van der Waals surface area contributed by atoms with Crippen LogP contribution >= 0.6 is 0 Å². The average molecular weight is 337 g/mol. The Morgan fingerprint density at radius 3 is 2.00 bits per heavy atom. The number of amides is 4. The van der Waals surface area contributed by atoms with E-state index in [0.717, 1.165) is 38.5 Å². The van der Waals surface area contributed by atoms with Gasteiger partial charge in [-0.05, 0) is 37.5 Å². The van der Waals surface area contributed by atoms with E-state index in [0.29, 0.717) is 25.0 Å². The van der Waals surface area contributed by atoms with Crippen LogP contribution in [0.25, 0.3) is 0 Å². The summed E-state index contributed by atoms with van der Waals surface area (Å²) in [6, 6.07) is -0.125. The minimum absolute atomic E-state index is 0.125. The third-order valence-electron chi connectivity index (χ3n) is 3.88. The Hall–Kier alpha value is -1.85. The van der Waals surface area contributed by atoms with Crippen LogP contribution < -0.4 is 10.6 Å². The number of nitrogens with one attached hydrogen (secondary N) is 2. The maximum absolute atomic E-state index is 11.6. The summed E-state index contributed by atoms with van der Waals surface area (Å²) in [6.07, 6.45) is 8.34. The van der Waals surface area contributed by atoms with Crippen molar-refractivity contribution in [2.75, 3.05) is 19.6 Å². The fourth-order valence-corrected chi connectivity index (χ4v) is 2.47. The molecule has 1 aliphatic rings. The van der Waals surface area contributed by atoms with Crippen LogP contribution in [0, 0.1) is 5.41 Å². The lowest BCUT2D eigenvalue weighted by atomic mass is 9.90. The molecule has 0 aromatic rings. The predicted octanol–water partition coefficient (Wildman–Crippen LogP) is 2.60. The summed E-state index contributed by atoms with van der Waals surface area (Å²) < 4.78 is 0. The van der Waals surface area contributed by atoms with Gasteiger partial charge in [-0.1, -0.05) is 27.2 Å². The largest absolute Gasteiger partial charge is 0.338 e. The van der Waals surface area contributed by atoms with Crippen LogP contribution in [-0.4, -0.2) is 42.4 Å². The fraction of sp³-hybridized carbons (Fsp3) is 0.722. The van der Waals surface area contributed by atoms with Crippen molar-refractivity contribution >= 4 is 17.8 Å². The van der Waals surface area contributed by atoms with Gasteiger partial charge in [-0.3, -0.25) is 14.5 Å². The van der Waals surface area contributed by atoms with Gasteiger partial charge in [0.1, 0.15) is 0 Å². The lowest BCUT2D eigenvalue weighted by molar-refractivity contribution is -0.136. The molecule has 0 saturated carbocycles. The van der Waals surface area contributed by atoms with E-state index in [9.17, 15) is 14.4 Å². The summed E-state index contributed by atoms with van der Waals surface area (Å²) in [7, 11) is 0. The summed E-state index contributed by atoms with van der Waals surface area (Å²) >= 11 is 0. The van der Waals surface area contributed by atoms with Gasteiger partial charge in [0.05, 0.1) is 0 Å². The molecule has 136 valence electrons. The molecule has 1 heterocycles. The van der Waals surface area contributed by atoms with Crippen LogP contribution in [0.3, 0.4) is 0 Å². The second-order valence-corrected chi connectivity index (χ2v) is 7.42. The Morgan fingerprint density at radius 2 is 1.46 bits per heavy atom. The minimum atomic E-state index is -0.232. The number of rotatable bonds is 10. The number of carbonyl (C=O) groups excluding carboxylic acids is 3. The zero-order valence-corrected chi connectivity index (χ0v) is 15.2. The van der Waals surface area contributed by atoms with Gasteiger partial charge in [0, 0.05) is 31.8 Å². The number of carbonyl (C=O) groups is 3. The molecule has 0 spiro atoms. The summed E-state index contributed by atoms with van der Waals surface area (Å²) in [6.45, 7) is 8.42. The van der Waals surface area contributed by atoms with Crippen LogP contribution in [-0.2, 0) is 9.59 Å². The van der Waals surface area contributed by atoms with Crippen LogP contribution in [0.2, 0.25) is 0 Å². The van der Waals surface area contributed by atoms with E-state index in [2.05, 4.69) is 31.4 Å². The molecule has 6 nitrogen and oxygen atoms in total. The van der Waals surface area contributed by atoms with Crippen molar-refractivity contribution in [2.24, 2.45) is 5.41 Å². The Morgan fingerprint density at radius 1 is 0.917 bits per heavy atom. The summed E-state index contributed by atoms with van der Waals surface area (Å²) in [5.74, 6) is -0.465. The van der Waals surface area contributed by atoms with Gasteiger partial charge >= 0.3 is 6.03 Å². The van der Waals surface area contributed by atoms with Gasteiger partial charge in [0.2, 0.25) is 0 Å². The smallest absolute Gasteiger partial charge is 0.314 e. The predicted molar refractivity (Wildman–Crippen MR) is 94.4 cm³/mol. The van der Waals surface area contributed by atoms with Crippen molar-refractivity contribution in [3.8, 4) is 0 Å². The lowest BCUT2D eigenvalue weighted by Gasteiger charge is -2.17. The molecule has 24 heavy (non-hydrogen) atoms. The van der Waals surface area contributed by atoms with Gasteiger partial charge in [-0.15, -0.1) is 0 Å². The topological polar surface area (TPSA) is 78.5 Å². The van der Waals surface area contributed by atoms with Crippen LogP contribution in [0.1, 0.15) is 59.3 Å². The number of unbranched alkanes of at least 4 members (excludes halogenated alkanes) is 3. The van der Waals surface area contributed by atoms with Crippen molar-refractivity contribution in [2.45, 2.75) is 59.3 Å². The van der Waals surface area contributed by atoms with E-state index in [1.54, 1.807) is 0 Å². The Kier molecular flexibility index (Phi) is 8.50. The number of urea groups is 1. The molecule has 0 atom stereocenters. The molecule has 6 heteroatoms. The number of hydrogen-bond acceptors (Lipinski definition) is 3. The van der Waals surface area contributed by atoms with Crippen molar-refractivity contribution in [3.05, 3.63) is 12.2 Å². The highest BCUT2D eigenvalue weighted by atomic mass is 16.2. The van der Waals surface area contributed by atoms with Gasteiger partial charge < -0.3 is 10.6 Å². The molecule has 0 saturated heterocycles. The maximum Gasteiger partial charge on any atom is 0.314 e. The quantitative estimate of drug-likeness (QED) is 0.475. The van der Waals surface area contributed by atoms with Crippen LogP contribution in [0.5, 0.6) is 0 Å². The normalized spacial score (nSPS) is 14.4. The second-order valence-electron chi connectivity index (χ2n) is 7.42. The molecule has 2 N–H and O–H groups in total. The molecule has 1 rings (SSSR count). The van der Waals surface area contributed by atoms with Crippen molar-refractivity contribution in [3.63, 3.8) is 0 Å². The van der Waals surface area contributed by atoms with E-state index in [-0.39, 0.29) is 17.8 Å². The van der Waals surface area contributed by atoms with E-state index in [1.165, 1.54) is 17.1 Å². The second kappa shape index (κ2) is 10.1. The molecular formula is C18H31N3O3. The highest BCUT2D eigenvalue weighted by Gasteiger charge is 2.22. The van der Waals surface area contributed by atoms with Crippen LogP contribution in [0.4, 0.5) is 4.79 Å². The van der Waals surface area contributed by atoms with Crippen molar-refractivity contribution in [1.82, 2.24) is 15.5 Å². The van der Waals surface area contributed by atoms with Gasteiger partial charge in [-0.25, -0.2) is 4.79 Å². The first-order valence-electron chi connectivity index (χ1n) is 8.85. The first kappa shape index (κ1) is 20.2. The molecular weight excluding hydrogens is 306 g/mol.